The molecule has 3 aromatic rings. The fourth-order valence-electron chi connectivity index (χ4n) is 3.06. The minimum atomic E-state index is -4.59. The highest BCUT2D eigenvalue weighted by molar-refractivity contribution is 5.63. The van der Waals surface area contributed by atoms with E-state index in [0.717, 1.165) is 24.6 Å². The molecule has 1 aromatic heterocycles. The van der Waals surface area contributed by atoms with Gasteiger partial charge in [-0.1, -0.05) is 32.9 Å². The van der Waals surface area contributed by atoms with Gasteiger partial charge in [0, 0.05) is 17.6 Å². The maximum Gasteiger partial charge on any atom is 0.421 e. The molecule has 5 nitrogen and oxygen atoms in total. The number of anilines is 4. The fourth-order valence-corrected chi connectivity index (χ4v) is 3.06. The fraction of sp³-hybridized carbons (Fsp3) is 0.333. The quantitative estimate of drug-likeness (QED) is 0.373. The molecule has 0 spiro atoms. The van der Waals surface area contributed by atoms with E-state index in [0.29, 0.717) is 29.6 Å². The Kier molecular flexibility index (Phi) is 7.56. The molecule has 0 saturated carbocycles. The van der Waals surface area contributed by atoms with Gasteiger partial charge in [-0.2, -0.15) is 18.2 Å². The SMILES string of the molecule is CCCOc1ccc(Nc2ncc(C(F)(F)F)c(Nc3ccc(CC(C)C)cc3)n2)cc1. The summed E-state index contributed by atoms with van der Waals surface area (Å²) in [5.74, 6) is 0.955. The summed E-state index contributed by atoms with van der Waals surface area (Å²) in [5.41, 5.74) is 1.35. The molecule has 0 bridgehead atoms. The van der Waals surface area contributed by atoms with Gasteiger partial charge < -0.3 is 15.4 Å². The van der Waals surface area contributed by atoms with E-state index >= 15 is 0 Å². The van der Waals surface area contributed by atoms with E-state index in [2.05, 4.69) is 34.4 Å². The van der Waals surface area contributed by atoms with Crippen molar-refractivity contribution >= 4 is 23.1 Å². The second-order valence-electron chi connectivity index (χ2n) is 7.87. The second-order valence-corrected chi connectivity index (χ2v) is 7.87. The normalized spacial score (nSPS) is 11.5. The molecule has 0 unspecified atom stereocenters. The van der Waals surface area contributed by atoms with E-state index in [1.54, 1.807) is 36.4 Å². The van der Waals surface area contributed by atoms with Crippen molar-refractivity contribution in [3.63, 3.8) is 0 Å². The molecule has 2 N–H and O–H groups in total. The average Bonchev–Trinajstić information content (AvgIpc) is 2.74. The molecule has 0 aliphatic rings. The monoisotopic (exact) mass is 444 g/mol. The van der Waals surface area contributed by atoms with Crippen LogP contribution in [-0.2, 0) is 12.6 Å². The van der Waals surface area contributed by atoms with Crippen molar-refractivity contribution < 1.29 is 17.9 Å². The van der Waals surface area contributed by atoms with Crippen LogP contribution < -0.4 is 15.4 Å². The Labute approximate surface area is 186 Å². The number of alkyl halides is 3. The van der Waals surface area contributed by atoms with Crippen LogP contribution in [-0.4, -0.2) is 16.6 Å². The van der Waals surface area contributed by atoms with Gasteiger partial charge in [-0.25, -0.2) is 4.98 Å². The Morgan fingerprint density at radius 3 is 2.16 bits per heavy atom. The van der Waals surface area contributed by atoms with Gasteiger partial charge in [-0.15, -0.1) is 0 Å². The molecule has 0 fully saturated rings. The van der Waals surface area contributed by atoms with Gasteiger partial charge in [-0.3, -0.25) is 0 Å². The second kappa shape index (κ2) is 10.3. The first-order valence-corrected chi connectivity index (χ1v) is 10.5. The lowest BCUT2D eigenvalue weighted by Gasteiger charge is -2.15. The predicted octanol–water partition coefficient (Wildman–Crippen LogP) is 6.97. The first-order chi connectivity index (χ1) is 15.2. The number of nitrogens with zero attached hydrogens (tertiary/aromatic N) is 2. The zero-order valence-electron chi connectivity index (χ0n) is 18.3. The Hall–Kier alpha value is -3.29. The van der Waals surface area contributed by atoms with Crippen molar-refractivity contribution in [2.24, 2.45) is 5.92 Å². The highest BCUT2D eigenvalue weighted by atomic mass is 19.4. The summed E-state index contributed by atoms with van der Waals surface area (Å²) in [7, 11) is 0. The van der Waals surface area contributed by atoms with Crippen LogP contribution in [0.25, 0.3) is 0 Å². The lowest BCUT2D eigenvalue weighted by molar-refractivity contribution is -0.137. The minimum Gasteiger partial charge on any atom is -0.494 e. The molecular weight excluding hydrogens is 417 g/mol. The van der Waals surface area contributed by atoms with E-state index in [-0.39, 0.29) is 11.8 Å². The molecule has 0 saturated heterocycles. The van der Waals surface area contributed by atoms with Gasteiger partial charge in [0.25, 0.3) is 0 Å². The van der Waals surface area contributed by atoms with Gasteiger partial charge in [-0.05, 0) is 60.7 Å². The lowest BCUT2D eigenvalue weighted by atomic mass is 10.0. The molecule has 32 heavy (non-hydrogen) atoms. The van der Waals surface area contributed by atoms with E-state index < -0.39 is 11.7 Å². The summed E-state index contributed by atoms with van der Waals surface area (Å²) < 4.78 is 46.1. The van der Waals surface area contributed by atoms with Crippen LogP contribution in [0.5, 0.6) is 5.75 Å². The van der Waals surface area contributed by atoms with E-state index in [1.165, 1.54) is 0 Å². The molecule has 0 atom stereocenters. The first-order valence-electron chi connectivity index (χ1n) is 10.5. The molecule has 8 heteroatoms. The third-order valence-corrected chi connectivity index (χ3v) is 4.54. The smallest absolute Gasteiger partial charge is 0.421 e. The van der Waals surface area contributed by atoms with Crippen molar-refractivity contribution in [3.05, 3.63) is 65.9 Å². The van der Waals surface area contributed by atoms with Crippen molar-refractivity contribution in [2.75, 3.05) is 17.2 Å². The number of nitrogens with one attached hydrogen (secondary N) is 2. The Bertz CT molecular complexity index is 1000. The van der Waals surface area contributed by atoms with Gasteiger partial charge >= 0.3 is 6.18 Å². The number of halogens is 3. The Morgan fingerprint density at radius 2 is 1.56 bits per heavy atom. The summed E-state index contributed by atoms with van der Waals surface area (Å²) >= 11 is 0. The van der Waals surface area contributed by atoms with Gasteiger partial charge in [0.05, 0.1) is 6.61 Å². The van der Waals surface area contributed by atoms with E-state index in [1.807, 2.05) is 19.1 Å². The van der Waals surface area contributed by atoms with Crippen LogP contribution >= 0.6 is 0 Å². The molecule has 2 aromatic carbocycles. The summed E-state index contributed by atoms with van der Waals surface area (Å²) in [6, 6.07) is 14.4. The van der Waals surface area contributed by atoms with Crippen LogP contribution in [0.15, 0.2) is 54.7 Å². The molecule has 0 amide bonds. The topological polar surface area (TPSA) is 59.1 Å². The minimum absolute atomic E-state index is 0.0548. The predicted molar refractivity (Wildman–Crippen MR) is 121 cm³/mol. The molecule has 170 valence electrons. The molecule has 0 aliphatic carbocycles. The number of ether oxygens (including phenoxy) is 1. The molecule has 0 radical (unpaired) electrons. The number of rotatable bonds is 9. The van der Waals surface area contributed by atoms with Crippen molar-refractivity contribution in [1.29, 1.82) is 0 Å². The van der Waals surface area contributed by atoms with Crippen LogP contribution in [0, 0.1) is 5.92 Å². The summed E-state index contributed by atoms with van der Waals surface area (Å²) in [6.07, 6.45) is -2.01. The van der Waals surface area contributed by atoms with Crippen LogP contribution in [0.2, 0.25) is 0 Å². The van der Waals surface area contributed by atoms with E-state index in [9.17, 15) is 13.2 Å². The highest BCUT2D eigenvalue weighted by Gasteiger charge is 2.35. The zero-order chi connectivity index (χ0) is 23.1. The molecule has 3 rings (SSSR count). The van der Waals surface area contributed by atoms with Gasteiger partial charge in [0.15, 0.2) is 0 Å². The Morgan fingerprint density at radius 1 is 0.938 bits per heavy atom. The van der Waals surface area contributed by atoms with Crippen molar-refractivity contribution in [3.8, 4) is 5.75 Å². The number of hydrogen-bond acceptors (Lipinski definition) is 5. The maximum absolute atomic E-state index is 13.5. The average molecular weight is 445 g/mol. The molecule has 1 heterocycles. The molecule has 0 aliphatic heterocycles. The lowest BCUT2D eigenvalue weighted by Crippen LogP contribution is -2.12. The first kappa shape index (κ1) is 23.4. The summed E-state index contributed by atoms with van der Waals surface area (Å²) in [6.45, 7) is 6.86. The maximum atomic E-state index is 13.5. The molecular formula is C24H27F3N4O. The Balaban J connectivity index is 1.80. The number of hydrogen-bond donors (Lipinski definition) is 2. The standard InChI is InChI=1S/C24H27F3N4O/c1-4-13-32-20-11-9-19(10-12-20)30-23-28-15-21(24(25,26)27)22(31-23)29-18-7-5-17(6-8-18)14-16(2)3/h5-12,15-16H,4,13-14H2,1-3H3,(H2,28,29,30,31). The number of aromatic nitrogens is 2. The summed E-state index contributed by atoms with van der Waals surface area (Å²) in [4.78, 5) is 7.94. The third kappa shape index (κ3) is 6.60. The third-order valence-electron chi connectivity index (χ3n) is 4.54. The van der Waals surface area contributed by atoms with Crippen LogP contribution in [0.1, 0.15) is 38.3 Å². The zero-order valence-corrected chi connectivity index (χ0v) is 18.3. The number of benzene rings is 2. The van der Waals surface area contributed by atoms with Crippen LogP contribution in [0.4, 0.5) is 36.3 Å². The highest BCUT2D eigenvalue weighted by Crippen LogP contribution is 2.35. The van der Waals surface area contributed by atoms with Gasteiger partial charge in [0.1, 0.15) is 17.1 Å². The van der Waals surface area contributed by atoms with Crippen molar-refractivity contribution in [2.45, 2.75) is 39.8 Å². The van der Waals surface area contributed by atoms with E-state index in [4.69, 9.17) is 4.74 Å². The summed E-state index contributed by atoms with van der Waals surface area (Å²) in [5, 5.41) is 5.72. The van der Waals surface area contributed by atoms with Gasteiger partial charge in [0.2, 0.25) is 5.95 Å². The van der Waals surface area contributed by atoms with Crippen LogP contribution in [0.3, 0.4) is 0 Å². The van der Waals surface area contributed by atoms with Crippen molar-refractivity contribution in [1.82, 2.24) is 9.97 Å². The largest absolute Gasteiger partial charge is 0.494 e.